The topological polar surface area (TPSA) is 14.1 Å². The highest BCUT2D eigenvalue weighted by molar-refractivity contribution is 9.08. The van der Waals surface area contributed by atoms with Crippen LogP contribution in [0, 0.1) is 0 Å². The molecule has 0 amide bonds. The SMILES string of the molecule is Br[N]c1ccccc1. The first kappa shape index (κ1) is 5.63. The van der Waals surface area contributed by atoms with Crippen LogP contribution in [0.2, 0.25) is 0 Å². The Kier molecular flexibility index (Phi) is 1.92. The molecule has 0 saturated heterocycles. The van der Waals surface area contributed by atoms with E-state index in [-0.39, 0.29) is 0 Å². The van der Waals surface area contributed by atoms with Crippen molar-refractivity contribution in [1.82, 2.24) is 4.34 Å². The molecule has 0 aliphatic heterocycles. The van der Waals surface area contributed by atoms with Gasteiger partial charge in [-0.25, -0.2) is 4.34 Å². The number of hydrogen-bond acceptors (Lipinski definition) is 0. The standard InChI is InChI=1S/C6H5BrN/c7-8-6-4-2-1-3-5-6/h1-5H. The highest BCUT2D eigenvalue weighted by Crippen LogP contribution is 2.05. The van der Waals surface area contributed by atoms with E-state index in [1.165, 1.54) is 0 Å². The van der Waals surface area contributed by atoms with Crippen molar-refractivity contribution in [3.63, 3.8) is 0 Å². The molecule has 41 valence electrons. The van der Waals surface area contributed by atoms with Crippen LogP contribution in [0.15, 0.2) is 30.3 Å². The Bertz CT molecular complexity index is 150. The van der Waals surface area contributed by atoms with Gasteiger partial charge >= 0.3 is 0 Å². The molecule has 0 bridgehead atoms. The summed E-state index contributed by atoms with van der Waals surface area (Å²) in [7, 11) is 0. The minimum atomic E-state index is 0.951. The Morgan fingerprint density at radius 3 is 2.12 bits per heavy atom. The smallest absolute Gasteiger partial charge is 0.0740 e. The number of rotatable bonds is 1. The fraction of sp³-hybridized carbons (Fsp3) is 0. The van der Waals surface area contributed by atoms with Gasteiger partial charge in [-0.05, 0) is 12.1 Å². The zero-order chi connectivity index (χ0) is 5.82. The van der Waals surface area contributed by atoms with Crippen LogP contribution in [-0.2, 0) is 0 Å². The molecule has 8 heavy (non-hydrogen) atoms. The molecule has 1 aromatic carbocycles. The third-order valence-electron chi connectivity index (χ3n) is 0.854. The quantitative estimate of drug-likeness (QED) is 0.615. The number of halogens is 1. The Morgan fingerprint density at radius 2 is 1.75 bits per heavy atom. The lowest BCUT2D eigenvalue weighted by Crippen LogP contribution is -1.72. The fourth-order valence-electron chi connectivity index (χ4n) is 0.484. The third kappa shape index (κ3) is 1.23. The van der Waals surface area contributed by atoms with Crippen molar-refractivity contribution in [2.75, 3.05) is 0 Å². The predicted octanol–water partition coefficient (Wildman–Crippen LogP) is 2.23. The molecule has 0 aliphatic carbocycles. The van der Waals surface area contributed by atoms with Gasteiger partial charge in [0.15, 0.2) is 0 Å². The molecule has 0 aliphatic rings. The molecule has 0 saturated carbocycles. The van der Waals surface area contributed by atoms with Gasteiger partial charge in [-0.2, -0.15) is 0 Å². The van der Waals surface area contributed by atoms with Crippen LogP contribution >= 0.6 is 16.1 Å². The van der Waals surface area contributed by atoms with Crippen molar-refractivity contribution in [2.24, 2.45) is 0 Å². The molecule has 0 spiro atoms. The van der Waals surface area contributed by atoms with E-state index in [9.17, 15) is 0 Å². The molecular weight excluding hydrogens is 166 g/mol. The van der Waals surface area contributed by atoms with Gasteiger partial charge < -0.3 is 0 Å². The average molecular weight is 171 g/mol. The van der Waals surface area contributed by atoms with Gasteiger partial charge in [0.05, 0.1) is 21.8 Å². The van der Waals surface area contributed by atoms with Crippen LogP contribution in [0.3, 0.4) is 0 Å². The minimum Gasteiger partial charge on any atom is -0.208 e. The first-order valence-corrected chi connectivity index (χ1v) is 3.01. The third-order valence-corrected chi connectivity index (χ3v) is 1.26. The van der Waals surface area contributed by atoms with Crippen LogP contribution < -0.4 is 4.34 Å². The van der Waals surface area contributed by atoms with Crippen LogP contribution in [0.25, 0.3) is 0 Å². The highest BCUT2D eigenvalue weighted by Gasteiger charge is 1.82. The molecule has 0 fully saturated rings. The first-order chi connectivity index (χ1) is 3.93. The Hall–Kier alpha value is -0.500. The lowest BCUT2D eigenvalue weighted by molar-refractivity contribution is 1.41. The predicted molar refractivity (Wildman–Crippen MR) is 37.2 cm³/mol. The van der Waals surface area contributed by atoms with E-state index in [0.29, 0.717) is 0 Å². The second-order valence-corrected chi connectivity index (χ2v) is 1.77. The first-order valence-electron chi connectivity index (χ1n) is 2.30. The summed E-state index contributed by atoms with van der Waals surface area (Å²) in [4.78, 5) is 0. The molecule has 1 nitrogen and oxygen atoms in total. The van der Waals surface area contributed by atoms with Gasteiger partial charge in [0.25, 0.3) is 0 Å². The van der Waals surface area contributed by atoms with Crippen LogP contribution in [-0.4, -0.2) is 0 Å². The summed E-state index contributed by atoms with van der Waals surface area (Å²) in [6.45, 7) is 0. The molecule has 0 atom stereocenters. The van der Waals surface area contributed by atoms with Crippen molar-refractivity contribution < 1.29 is 0 Å². The molecule has 0 N–H and O–H groups in total. The van der Waals surface area contributed by atoms with Crippen LogP contribution in [0.1, 0.15) is 0 Å². The molecule has 2 heteroatoms. The Labute approximate surface area is 57.1 Å². The number of nitrogens with zero attached hydrogens (tertiary/aromatic N) is 1. The number of benzene rings is 1. The van der Waals surface area contributed by atoms with Crippen molar-refractivity contribution in [2.45, 2.75) is 0 Å². The minimum absolute atomic E-state index is 0.951. The summed E-state index contributed by atoms with van der Waals surface area (Å²) in [5, 5.41) is 0. The molecule has 1 radical (unpaired) electrons. The van der Waals surface area contributed by atoms with E-state index in [1.807, 2.05) is 30.3 Å². The zero-order valence-electron chi connectivity index (χ0n) is 4.21. The Balaban J connectivity index is 2.83. The fourth-order valence-corrected chi connectivity index (χ4v) is 0.721. The highest BCUT2D eigenvalue weighted by atomic mass is 79.9. The summed E-state index contributed by atoms with van der Waals surface area (Å²) < 4.78 is 3.78. The van der Waals surface area contributed by atoms with Crippen molar-refractivity contribution in [1.29, 1.82) is 0 Å². The lowest BCUT2D eigenvalue weighted by atomic mass is 10.3. The zero-order valence-corrected chi connectivity index (χ0v) is 5.80. The van der Waals surface area contributed by atoms with E-state index in [1.54, 1.807) is 0 Å². The summed E-state index contributed by atoms with van der Waals surface area (Å²) in [6.07, 6.45) is 0. The van der Waals surface area contributed by atoms with Crippen molar-refractivity contribution in [3.8, 4) is 0 Å². The lowest BCUT2D eigenvalue weighted by Gasteiger charge is -1.88. The summed E-state index contributed by atoms with van der Waals surface area (Å²) in [5.74, 6) is 0. The summed E-state index contributed by atoms with van der Waals surface area (Å²) >= 11 is 2.98. The number of hydrogen-bond donors (Lipinski definition) is 0. The second-order valence-electron chi connectivity index (χ2n) is 1.42. The van der Waals surface area contributed by atoms with Crippen molar-refractivity contribution in [3.05, 3.63) is 30.3 Å². The van der Waals surface area contributed by atoms with E-state index in [2.05, 4.69) is 20.5 Å². The molecule has 0 unspecified atom stereocenters. The van der Waals surface area contributed by atoms with Gasteiger partial charge in [-0.1, -0.05) is 18.2 Å². The maximum absolute atomic E-state index is 3.78. The second kappa shape index (κ2) is 2.72. The van der Waals surface area contributed by atoms with Crippen LogP contribution in [0.5, 0.6) is 0 Å². The average Bonchev–Trinajstić information content (AvgIpc) is 1.90. The van der Waals surface area contributed by atoms with E-state index in [0.717, 1.165) is 5.69 Å². The molecule has 1 aromatic rings. The Morgan fingerprint density at radius 1 is 1.12 bits per heavy atom. The van der Waals surface area contributed by atoms with Gasteiger partial charge in [-0.3, -0.25) is 0 Å². The molecular formula is C6H5BrN. The van der Waals surface area contributed by atoms with Crippen molar-refractivity contribution >= 4 is 21.8 Å². The van der Waals surface area contributed by atoms with Crippen LogP contribution in [0.4, 0.5) is 5.69 Å². The monoisotopic (exact) mass is 170 g/mol. The summed E-state index contributed by atoms with van der Waals surface area (Å²) in [6, 6.07) is 9.70. The van der Waals surface area contributed by atoms with Gasteiger partial charge in [-0.15, -0.1) is 0 Å². The normalized spacial score (nSPS) is 8.62. The van der Waals surface area contributed by atoms with Gasteiger partial charge in [0.1, 0.15) is 0 Å². The van der Waals surface area contributed by atoms with E-state index in [4.69, 9.17) is 0 Å². The largest absolute Gasteiger partial charge is 0.208 e. The summed E-state index contributed by atoms with van der Waals surface area (Å²) in [5.41, 5.74) is 0.951. The van der Waals surface area contributed by atoms with E-state index < -0.39 is 0 Å². The molecule has 0 heterocycles. The maximum Gasteiger partial charge on any atom is 0.0740 e. The van der Waals surface area contributed by atoms with Gasteiger partial charge in [0.2, 0.25) is 0 Å². The molecule has 0 aromatic heterocycles. The maximum atomic E-state index is 3.78. The van der Waals surface area contributed by atoms with E-state index >= 15 is 0 Å². The van der Waals surface area contributed by atoms with Gasteiger partial charge in [0, 0.05) is 0 Å². The molecule has 1 rings (SSSR count).